The quantitative estimate of drug-likeness (QED) is 0.500. The number of nitrogens with one attached hydrogen (secondary N) is 2. The minimum atomic E-state index is -0.798. The van der Waals surface area contributed by atoms with Gasteiger partial charge in [0.1, 0.15) is 12.6 Å². The van der Waals surface area contributed by atoms with Crippen molar-refractivity contribution < 1.29 is 24.2 Å². The molecule has 3 atom stereocenters. The van der Waals surface area contributed by atoms with E-state index in [4.69, 9.17) is 4.74 Å². The predicted molar refractivity (Wildman–Crippen MR) is 131 cm³/mol. The Morgan fingerprint density at radius 3 is 2.23 bits per heavy atom. The fraction of sp³-hybridized carbons (Fsp3) is 0.464. The molecule has 0 aliphatic heterocycles. The van der Waals surface area contributed by atoms with E-state index in [2.05, 4.69) is 34.9 Å². The lowest BCUT2D eigenvalue weighted by molar-refractivity contribution is -0.143. The maximum Gasteiger partial charge on any atom is 0.407 e. The lowest BCUT2D eigenvalue weighted by Gasteiger charge is -2.22. The van der Waals surface area contributed by atoms with E-state index in [9.17, 15) is 19.5 Å². The zero-order valence-corrected chi connectivity index (χ0v) is 19.7. The van der Waals surface area contributed by atoms with Gasteiger partial charge in [-0.15, -0.1) is 0 Å². The Bertz CT molecular complexity index is 1070. The Morgan fingerprint density at radius 1 is 0.943 bits per heavy atom. The summed E-state index contributed by atoms with van der Waals surface area (Å²) in [6.45, 7) is 0.517. The number of aliphatic carboxylic acids is 1. The van der Waals surface area contributed by atoms with E-state index >= 15 is 0 Å². The molecule has 184 valence electrons. The summed E-state index contributed by atoms with van der Waals surface area (Å²) >= 11 is 0. The molecule has 5 rings (SSSR count). The van der Waals surface area contributed by atoms with Crippen molar-refractivity contribution in [2.24, 2.45) is 17.8 Å². The van der Waals surface area contributed by atoms with Crippen molar-refractivity contribution in [3.8, 4) is 11.1 Å². The average Bonchev–Trinajstić information content (AvgIpc) is 3.45. The van der Waals surface area contributed by atoms with Gasteiger partial charge in [-0.25, -0.2) is 4.79 Å². The average molecular weight is 477 g/mol. The molecule has 0 saturated heterocycles. The van der Waals surface area contributed by atoms with Gasteiger partial charge in [0.05, 0.1) is 5.92 Å². The van der Waals surface area contributed by atoms with Crippen LogP contribution in [0.5, 0.6) is 0 Å². The predicted octanol–water partition coefficient (Wildman–Crippen LogP) is 4.31. The number of hydrogen-bond acceptors (Lipinski definition) is 4. The van der Waals surface area contributed by atoms with Gasteiger partial charge < -0.3 is 20.5 Å². The van der Waals surface area contributed by atoms with Gasteiger partial charge in [0.2, 0.25) is 5.91 Å². The normalized spacial score (nSPS) is 21.6. The van der Waals surface area contributed by atoms with Gasteiger partial charge >= 0.3 is 12.1 Å². The zero-order valence-electron chi connectivity index (χ0n) is 19.7. The van der Waals surface area contributed by atoms with E-state index in [0.717, 1.165) is 47.9 Å². The number of ether oxygens (including phenoxy) is 1. The fourth-order valence-electron chi connectivity index (χ4n) is 5.66. The minimum Gasteiger partial charge on any atom is -0.481 e. The van der Waals surface area contributed by atoms with E-state index in [0.29, 0.717) is 25.3 Å². The highest BCUT2D eigenvalue weighted by Gasteiger charge is 2.35. The van der Waals surface area contributed by atoms with Gasteiger partial charge in [-0.3, -0.25) is 9.59 Å². The molecule has 0 aromatic heterocycles. The summed E-state index contributed by atoms with van der Waals surface area (Å²) < 4.78 is 5.64. The molecule has 0 spiro atoms. The van der Waals surface area contributed by atoms with Crippen LogP contribution in [-0.4, -0.2) is 42.3 Å². The minimum absolute atomic E-state index is 0.0424. The van der Waals surface area contributed by atoms with Crippen molar-refractivity contribution in [2.75, 3.05) is 13.2 Å². The molecule has 7 heteroatoms. The number of carbonyl (C=O) groups is 3. The molecule has 3 aliphatic rings. The summed E-state index contributed by atoms with van der Waals surface area (Å²) in [4.78, 5) is 37.1. The molecule has 7 nitrogen and oxygen atoms in total. The summed E-state index contributed by atoms with van der Waals surface area (Å²) in [7, 11) is 0. The van der Waals surface area contributed by atoms with Gasteiger partial charge in [0.15, 0.2) is 0 Å². The third kappa shape index (κ3) is 5.19. The van der Waals surface area contributed by atoms with Crippen molar-refractivity contribution in [3.63, 3.8) is 0 Å². The van der Waals surface area contributed by atoms with Crippen molar-refractivity contribution in [3.05, 3.63) is 59.7 Å². The summed E-state index contributed by atoms with van der Waals surface area (Å²) in [5.74, 6) is -1.15. The molecule has 0 radical (unpaired) electrons. The van der Waals surface area contributed by atoms with Crippen LogP contribution >= 0.6 is 0 Å². The molecule has 2 aromatic carbocycles. The second-order valence-corrected chi connectivity index (χ2v) is 10.1. The first-order chi connectivity index (χ1) is 17.0. The SMILES string of the molecule is O=C(NC(CC1CC1)C(=O)NC[C@@H]1CCC[C@@H]1C(=O)O)OCC1c2ccccc2-c2ccccc21. The van der Waals surface area contributed by atoms with Gasteiger partial charge in [0.25, 0.3) is 0 Å². The second-order valence-electron chi connectivity index (χ2n) is 10.1. The molecule has 2 amide bonds. The van der Waals surface area contributed by atoms with Crippen molar-refractivity contribution in [1.82, 2.24) is 10.6 Å². The number of hydrogen-bond donors (Lipinski definition) is 3. The number of carboxylic acids is 1. The van der Waals surface area contributed by atoms with Gasteiger partial charge in [0, 0.05) is 12.5 Å². The van der Waals surface area contributed by atoms with Crippen LogP contribution in [0.4, 0.5) is 4.79 Å². The van der Waals surface area contributed by atoms with Gasteiger partial charge in [-0.05, 0) is 53.4 Å². The number of benzene rings is 2. The lowest BCUT2D eigenvalue weighted by Crippen LogP contribution is -2.48. The van der Waals surface area contributed by atoms with Crippen molar-refractivity contribution in [2.45, 2.75) is 50.5 Å². The van der Waals surface area contributed by atoms with E-state index in [-0.39, 0.29) is 24.3 Å². The molecule has 0 bridgehead atoms. The molecule has 0 heterocycles. The Morgan fingerprint density at radius 2 is 1.60 bits per heavy atom. The van der Waals surface area contributed by atoms with Crippen LogP contribution in [0.25, 0.3) is 11.1 Å². The van der Waals surface area contributed by atoms with Crippen LogP contribution in [0.1, 0.15) is 55.6 Å². The first-order valence-corrected chi connectivity index (χ1v) is 12.6. The summed E-state index contributed by atoms with van der Waals surface area (Å²) in [5, 5.41) is 15.1. The molecule has 35 heavy (non-hydrogen) atoms. The van der Waals surface area contributed by atoms with Crippen molar-refractivity contribution >= 4 is 18.0 Å². The molecule has 1 unspecified atom stereocenters. The largest absolute Gasteiger partial charge is 0.481 e. The van der Waals surface area contributed by atoms with Crippen LogP contribution in [0.2, 0.25) is 0 Å². The number of alkyl carbamates (subject to hydrolysis) is 1. The number of fused-ring (bicyclic) bond motifs is 3. The smallest absolute Gasteiger partial charge is 0.407 e. The highest BCUT2D eigenvalue weighted by atomic mass is 16.5. The fourth-order valence-corrected chi connectivity index (χ4v) is 5.66. The second kappa shape index (κ2) is 10.1. The maximum absolute atomic E-state index is 12.9. The van der Waals surface area contributed by atoms with E-state index in [1.54, 1.807) is 0 Å². The standard InChI is InChI=1S/C28H32N2O5/c31-26(29-15-18-6-5-11-19(18)27(32)33)25(14-17-12-13-17)30-28(34)35-16-24-22-9-3-1-7-20(22)21-8-2-4-10-23(21)24/h1-4,7-10,17-19,24-25H,5-6,11-16H2,(H,29,31)(H,30,34)(H,32,33)/t18-,19-,25?/m0/s1. The number of carboxylic acid groups (broad SMARTS) is 1. The monoisotopic (exact) mass is 476 g/mol. The van der Waals surface area contributed by atoms with Crippen LogP contribution in [-0.2, 0) is 14.3 Å². The summed E-state index contributed by atoms with van der Waals surface area (Å²) in [6.07, 6.45) is 4.39. The maximum atomic E-state index is 12.9. The number of amides is 2. The Labute approximate surface area is 205 Å². The molecule has 2 aromatic rings. The Balaban J connectivity index is 1.19. The summed E-state index contributed by atoms with van der Waals surface area (Å²) in [6, 6.07) is 15.6. The molecule has 3 aliphatic carbocycles. The van der Waals surface area contributed by atoms with Crippen LogP contribution < -0.4 is 10.6 Å². The Kier molecular flexibility index (Phi) is 6.75. The zero-order chi connectivity index (χ0) is 24.4. The van der Waals surface area contributed by atoms with Gasteiger partial charge in [-0.1, -0.05) is 67.8 Å². The third-order valence-corrected chi connectivity index (χ3v) is 7.73. The topological polar surface area (TPSA) is 105 Å². The molecule has 3 N–H and O–H groups in total. The highest BCUT2D eigenvalue weighted by molar-refractivity contribution is 5.86. The van der Waals surface area contributed by atoms with Crippen LogP contribution in [0.3, 0.4) is 0 Å². The van der Waals surface area contributed by atoms with Crippen LogP contribution in [0.15, 0.2) is 48.5 Å². The first kappa shape index (κ1) is 23.4. The van der Waals surface area contributed by atoms with Crippen molar-refractivity contribution in [1.29, 1.82) is 0 Å². The van der Waals surface area contributed by atoms with E-state index in [1.807, 2.05) is 24.3 Å². The molecule has 2 fully saturated rings. The lowest BCUT2D eigenvalue weighted by atomic mass is 9.96. The summed E-state index contributed by atoms with van der Waals surface area (Å²) in [5.41, 5.74) is 4.60. The highest BCUT2D eigenvalue weighted by Crippen LogP contribution is 2.44. The number of carbonyl (C=O) groups excluding carboxylic acids is 2. The Hall–Kier alpha value is -3.35. The van der Waals surface area contributed by atoms with Gasteiger partial charge in [-0.2, -0.15) is 0 Å². The molecular formula is C28H32N2O5. The van der Waals surface area contributed by atoms with E-state index < -0.39 is 24.0 Å². The molecule has 2 saturated carbocycles. The third-order valence-electron chi connectivity index (χ3n) is 7.73. The number of rotatable bonds is 9. The molecular weight excluding hydrogens is 444 g/mol. The van der Waals surface area contributed by atoms with E-state index in [1.165, 1.54) is 0 Å². The van der Waals surface area contributed by atoms with Crippen LogP contribution in [0, 0.1) is 17.8 Å². The first-order valence-electron chi connectivity index (χ1n) is 12.6.